The van der Waals surface area contributed by atoms with Crippen LogP contribution >= 0.6 is 11.3 Å². The van der Waals surface area contributed by atoms with Crippen LogP contribution in [0.4, 0.5) is 0 Å². The maximum atomic E-state index is 2.42. The first-order valence-electron chi connectivity index (χ1n) is 11.1. The highest BCUT2D eigenvalue weighted by Crippen LogP contribution is 2.43. The molecule has 150 valence electrons. The van der Waals surface area contributed by atoms with Crippen LogP contribution in [0, 0.1) is 19.8 Å². The summed E-state index contributed by atoms with van der Waals surface area (Å²) in [6.07, 6.45) is 6.37. The second-order valence-corrected chi connectivity index (χ2v) is 9.50. The van der Waals surface area contributed by atoms with Gasteiger partial charge in [0.2, 0.25) is 0 Å². The Kier molecular flexibility index (Phi) is 6.06. The summed E-state index contributed by atoms with van der Waals surface area (Å²) in [5, 5.41) is 7.89. The van der Waals surface area contributed by atoms with Crippen LogP contribution in [0.3, 0.4) is 0 Å². The van der Waals surface area contributed by atoms with Gasteiger partial charge in [-0.15, -0.1) is 11.3 Å². The summed E-state index contributed by atoms with van der Waals surface area (Å²) >= 11 is 1.88. The van der Waals surface area contributed by atoms with Gasteiger partial charge in [-0.1, -0.05) is 93.1 Å². The second-order valence-electron chi connectivity index (χ2n) is 8.55. The third-order valence-electron chi connectivity index (χ3n) is 6.34. The standard InChI is InChI=1S/C28H32S/c1-5-7-9-21(6-2)18-26-24-16-19(3)11-13-22(24)23-14-12-20(4)17-25(23)28(26)27-10-8-15-29-27/h8,10-17,21H,5-7,9,18H2,1-4H3. The van der Waals surface area contributed by atoms with Crippen molar-refractivity contribution in [3.8, 4) is 10.4 Å². The molecular formula is C28H32S. The van der Waals surface area contributed by atoms with Crippen molar-refractivity contribution >= 4 is 32.9 Å². The number of hydrogen-bond donors (Lipinski definition) is 0. The molecule has 0 bridgehead atoms. The zero-order valence-corrected chi connectivity index (χ0v) is 19.0. The summed E-state index contributed by atoms with van der Waals surface area (Å²) in [6, 6.07) is 18.5. The van der Waals surface area contributed by atoms with E-state index < -0.39 is 0 Å². The zero-order valence-electron chi connectivity index (χ0n) is 18.2. The predicted molar refractivity (Wildman–Crippen MR) is 131 cm³/mol. The third-order valence-corrected chi connectivity index (χ3v) is 7.23. The van der Waals surface area contributed by atoms with Gasteiger partial charge in [-0.25, -0.2) is 0 Å². The minimum absolute atomic E-state index is 0.750. The Bertz CT molecular complexity index is 1120. The van der Waals surface area contributed by atoms with E-state index in [-0.39, 0.29) is 0 Å². The molecule has 0 nitrogen and oxygen atoms in total. The molecule has 0 N–H and O–H groups in total. The van der Waals surface area contributed by atoms with Gasteiger partial charge in [0.25, 0.3) is 0 Å². The summed E-state index contributed by atoms with van der Waals surface area (Å²) in [6.45, 7) is 9.11. The summed E-state index contributed by atoms with van der Waals surface area (Å²) in [5.74, 6) is 0.750. The molecule has 0 aliphatic rings. The molecule has 0 radical (unpaired) electrons. The minimum Gasteiger partial charge on any atom is -0.144 e. The topological polar surface area (TPSA) is 0 Å². The Labute approximate surface area is 179 Å². The minimum atomic E-state index is 0.750. The van der Waals surface area contributed by atoms with E-state index in [9.17, 15) is 0 Å². The van der Waals surface area contributed by atoms with E-state index in [1.54, 1.807) is 5.56 Å². The first kappa shape index (κ1) is 20.2. The molecule has 0 saturated carbocycles. The van der Waals surface area contributed by atoms with Crippen molar-refractivity contribution in [1.29, 1.82) is 0 Å². The van der Waals surface area contributed by atoms with E-state index in [4.69, 9.17) is 0 Å². The monoisotopic (exact) mass is 400 g/mol. The normalized spacial score (nSPS) is 12.7. The van der Waals surface area contributed by atoms with Gasteiger partial charge in [0.05, 0.1) is 0 Å². The largest absolute Gasteiger partial charge is 0.144 e. The molecule has 0 amide bonds. The molecule has 0 aliphatic carbocycles. The molecule has 0 aliphatic heterocycles. The molecule has 0 saturated heterocycles. The number of aryl methyl sites for hydroxylation is 2. The lowest BCUT2D eigenvalue weighted by atomic mass is 9.83. The van der Waals surface area contributed by atoms with Crippen molar-refractivity contribution in [2.45, 2.75) is 59.8 Å². The van der Waals surface area contributed by atoms with Crippen LogP contribution in [0.15, 0.2) is 53.9 Å². The number of unbranched alkanes of at least 4 members (excludes halogenated alkanes) is 1. The fourth-order valence-electron chi connectivity index (χ4n) is 4.69. The van der Waals surface area contributed by atoms with E-state index in [0.717, 1.165) is 5.92 Å². The lowest BCUT2D eigenvalue weighted by Gasteiger charge is -2.22. The van der Waals surface area contributed by atoms with Crippen molar-refractivity contribution < 1.29 is 0 Å². The molecule has 1 unspecified atom stereocenters. The smallest absolute Gasteiger partial charge is 0.0351 e. The Balaban J connectivity index is 2.06. The van der Waals surface area contributed by atoms with E-state index in [1.165, 1.54) is 75.2 Å². The molecule has 4 aromatic rings. The maximum absolute atomic E-state index is 2.42. The SMILES string of the molecule is CCCCC(CC)Cc1c(-c2cccs2)c2cc(C)ccc2c2ccc(C)cc12. The summed E-state index contributed by atoms with van der Waals surface area (Å²) in [4.78, 5) is 1.41. The molecule has 1 heterocycles. The highest BCUT2D eigenvalue weighted by atomic mass is 32.1. The molecular weight excluding hydrogens is 368 g/mol. The van der Waals surface area contributed by atoms with E-state index in [0.29, 0.717) is 0 Å². The van der Waals surface area contributed by atoms with Crippen molar-refractivity contribution in [2.24, 2.45) is 5.92 Å². The lowest BCUT2D eigenvalue weighted by Crippen LogP contribution is -2.06. The molecule has 4 rings (SSSR count). The fourth-order valence-corrected chi connectivity index (χ4v) is 5.50. The number of hydrogen-bond acceptors (Lipinski definition) is 1. The van der Waals surface area contributed by atoms with Gasteiger partial charge in [0.15, 0.2) is 0 Å². The Morgan fingerprint density at radius 2 is 1.52 bits per heavy atom. The maximum Gasteiger partial charge on any atom is 0.0351 e. The molecule has 1 heteroatoms. The second kappa shape index (κ2) is 8.71. The van der Waals surface area contributed by atoms with Crippen LogP contribution < -0.4 is 0 Å². The van der Waals surface area contributed by atoms with Gasteiger partial charge < -0.3 is 0 Å². The molecule has 1 atom stereocenters. The van der Waals surface area contributed by atoms with E-state index in [2.05, 4.69) is 81.6 Å². The first-order valence-corrected chi connectivity index (χ1v) is 12.0. The van der Waals surface area contributed by atoms with Crippen molar-refractivity contribution in [2.75, 3.05) is 0 Å². The number of rotatable bonds is 7. The van der Waals surface area contributed by atoms with Gasteiger partial charge >= 0.3 is 0 Å². The van der Waals surface area contributed by atoms with Gasteiger partial charge in [0.1, 0.15) is 0 Å². The summed E-state index contributed by atoms with van der Waals surface area (Å²) < 4.78 is 0. The van der Waals surface area contributed by atoms with Crippen LogP contribution in [-0.4, -0.2) is 0 Å². The van der Waals surface area contributed by atoms with Crippen LogP contribution in [0.1, 0.15) is 56.2 Å². The summed E-state index contributed by atoms with van der Waals surface area (Å²) in [5.41, 5.74) is 5.73. The van der Waals surface area contributed by atoms with Crippen LogP contribution in [0.5, 0.6) is 0 Å². The Hall–Kier alpha value is -2.12. The van der Waals surface area contributed by atoms with Crippen molar-refractivity contribution in [3.05, 3.63) is 70.6 Å². The lowest BCUT2D eigenvalue weighted by molar-refractivity contribution is 0.451. The highest BCUT2D eigenvalue weighted by Gasteiger charge is 2.19. The quantitative estimate of drug-likeness (QED) is 0.271. The molecule has 0 spiro atoms. The molecule has 29 heavy (non-hydrogen) atoms. The van der Waals surface area contributed by atoms with E-state index >= 15 is 0 Å². The third kappa shape index (κ3) is 3.98. The van der Waals surface area contributed by atoms with Gasteiger partial charge in [0, 0.05) is 10.4 Å². The molecule has 1 aromatic heterocycles. The highest BCUT2D eigenvalue weighted by molar-refractivity contribution is 7.13. The molecule has 0 fully saturated rings. The Morgan fingerprint density at radius 1 is 0.828 bits per heavy atom. The summed E-state index contributed by atoms with van der Waals surface area (Å²) in [7, 11) is 0. The van der Waals surface area contributed by atoms with Crippen LogP contribution in [-0.2, 0) is 6.42 Å². The van der Waals surface area contributed by atoms with E-state index in [1.807, 2.05) is 11.3 Å². The van der Waals surface area contributed by atoms with Gasteiger partial charge in [-0.05, 0) is 64.7 Å². The van der Waals surface area contributed by atoms with Crippen molar-refractivity contribution in [1.82, 2.24) is 0 Å². The van der Waals surface area contributed by atoms with Gasteiger partial charge in [-0.3, -0.25) is 0 Å². The number of fused-ring (bicyclic) bond motifs is 3. The fraction of sp³-hybridized carbons (Fsp3) is 0.357. The average molecular weight is 401 g/mol. The number of thiophene rings is 1. The van der Waals surface area contributed by atoms with Crippen molar-refractivity contribution in [3.63, 3.8) is 0 Å². The van der Waals surface area contributed by atoms with Crippen LogP contribution in [0.25, 0.3) is 32.0 Å². The first-order chi connectivity index (χ1) is 14.1. The predicted octanol–water partition coefficient (Wildman–Crippen LogP) is 9.10. The molecule has 3 aromatic carbocycles. The van der Waals surface area contributed by atoms with Crippen LogP contribution in [0.2, 0.25) is 0 Å². The number of benzene rings is 3. The average Bonchev–Trinajstić information content (AvgIpc) is 3.25. The zero-order chi connectivity index (χ0) is 20.4. The Morgan fingerprint density at radius 3 is 2.14 bits per heavy atom. The van der Waals surface area contributed by atoms with Gasteiger partial charge in [-0.2, -0.15) is 0 Å².